The maximum Gasteiger partial charge on any atom is 0.255 e. The van der Waals surface area contributed by atoms with Crippen molar-refractivity contribution in [1.82, 2.24) is 4.98 Å². The van der Waals surface area contributed by atoms with Gasteiger partial charge in [-0.15, -0.1) is 0 Å². The number of pyridine rings is 1. The second kappa shape index (κ2) is 5.61. The lowest BCUT2D eigenvalue weighted by Gasteiger charge is -2.06. The van der Waals surface area contributed by atoms with Gasteiger partial charge in [0.1, 0.15) is 5.75 Å². The third-order valence-electron chi connectivity index (χ3n) is 2.20. The molecule has 2 aromatic rings. The zero-order valence-electron chi connectivity index (χ0n) is 9.23. The Morgan fingerprint density at radius 3 is 2.67 bits per heavy atom. The smallest absolute Gasteiger partial charge is 0.255 e. The summed E-state index contributed by atoms with van der Waals surface area (Å²) in [5.41, 5.74) is 0.883. The summed E-state index contributed by atoms with van der Waals surface area (Å²) in [6, 6.07) is 10.2. The molecule has 0 amide bonds. The molecule has 0 saturated carbocycles. The molecule has 0 fully saturated rings. The minimum Gasteiger partial charge on any atom is -0.436 e. The van der Waals surface area contributed by atoms with Gasteiger partial charge in [-0.05, 0) is 39.7 Å². The fraction of sp³-hybridized carbons (Fsp3) is 0.0769. The van der Waals surface area contributed by atoms with Crippen molar-refractivity contribution in [2.75, 3.05) is 0 Å². The Labute approximate surface area is 112 Å². The van der Waals surface area contributed by atoms with Crippen LogP contribution in [0.4, 0.5) is 4.39 Å². The molecule has 1 heterocycles. The molecule has 0 unspecified atom stereocenters. The van der Waals surface area contributed by atoms with Gasteiger partial charge in [-0.3, -0.25) is 0 Å². The number of hydrogen-bond acceptors (Lipinski definition) is 3. The van der Waals surface area contributed by atoms with Gasteiger partial charge in [0.05, 0.1) is 12.5 Å². The molecule has 0 aliphatic rings. The molecular weight excluding hydrogens is 299 g/mol. The first-order valence-corrected chi connectivity index (χ1v) is 5.93. The first-order chi connectivity index (χ1) is 8.69. The van der Waals surface area contributed by atoms with E-state index in [9.17, 15) is 4.39 Å². The standard InChI is InChI=1S/C13H8BrFN2O/c14-10-7-12(15)13(17-8-10)18-11-3-1-9(2-4-11)5-6-16/h1-4,7-8H,5H2. The van der Waals surface area contributed by atoms with Crippen molar-refractivity contribution in [3.05, 3.63) is 52.4 Å². The van der Waals surface area contributed by atoms with Crippen molar-refractivity contribution < 1.29 is 9.13 Å². The molecule has 2 rings (SSSR count). The van der Waals surface area contributed by atoms with Crippen molar-refractivity contribution in [3.8, 4) is 17.7 Å². The summed E-state index contributed by atoms with van der Waals surface area (Å²) < 4.78 is 19.3. The molecule has 0 atom stereocenters. The number of aromatic nitrogens is 1. The minimum absolute atomic E-state index is 0.0776. The van der Waals surface area contributed by atoms with E-state index in [1.807, 2.05) is 0 Å². The van der Waals surface area contributed by atoms with Crippen LogP contribution in [0.25, 0.3) is 0 Å². The van der Waals surface area contributed by atoms with Crippen LogP contribution in [0.2, 0.25) is 0 Å². The molecule has 0 bridgehead atoms. The molecule has 0 saturated heterocycles. The SMILES string of the molecule is N#CCc1ccc(Oc2ncc(Br)cc2F)cc1. The largest absolute Gasteiger partial charge is 0.436 e. The second-order valence-electron chi connectivity index (χ2n) is 3.52. The molecule has 0 N–H and O–H groups in total. The van der Waals surface area contributed by atoms with Crippen LogP contribution < -0.4 is 4.74 Å². The first-order valence-electron chi connectivity index (χ1n) is 5.14. The highest BCUT2D eigenvalue weighted by atomic mass is 79.9. The van der Waals surface area contributed by atoms with Crippen LogP contribution in [0.15, 0.2) is 41.0 Å². The van der Waals surface area contributed by atoms with Crippen LogP contribution in [0.5, 0.6) is 11.6 Å². The maximum absolute atomic E-state index is 13.5. The van der Waals surface area contributed by atoms with E-state index in [-0.39, 0.29) is 5.88 Å². The summed E-state index contributed by atoms with van der Waals surface area (Å²) >= 11 is 3.12. The monoisotopic (exact) mass is 306 g/mol. The topological polar surface area (TPSA) is 45.9 Å². The minimum atomic E-state index is -0.537. The van der Waals surface area contributed by atoms with Crippen molar-refractivity contribution in [1.29, 1.82) is 5.26 Å². The fourth-order valence-electron chi connectivity index (χ4n) is 1.36. The number of benzene rings is 1. The van der Waals surface area contributed by atoms with Gasteiger partial charge in [-0.1, -0.05) is 12.1 Å². The molecule has 1 aromatic carbocycles. The van der Waals surface area contributed by atoms with Gasteiger partial charge in [0.2, 0.25) is 0 Å². The molecule has 0 aliphatic heterocycles. The lowest BCUT2D eigenvalue weighted by atomic mass is 10.2. The van der Waals surface area contributed by atoms with Crippen molar-refractivity contribution >= 4 is 15.9 Å². The van der Waals surface area contributed by atoms with Crippen LogP contribution in [0, 0.1) is 17.1 Å². The molecule has 90 valence electrons. The van der Waals surface area contributed by atoms with Crippen molar-refractivity contribution in [2.45, 2.75) is 6.42 Å². The van der Waals surface area contributed by atoms with Crippen LogP contribution in [-0.2, 0) is 6.42 Å². The Kier molecular flexibility index (Phi) is 3.90. The van der Waals surface area contributed by atoms with Crippen molar-refractivity contribution in [2.24, 2.45) is 0 Å². The number of ether oxygens (including phenoxy) is 1. The molecule has 18 heavy (non-hydrogen) atoms. The highest BCUT2D eigenvalue weighted by Gasteiger charge is 2.07. The predicted molar refractivity (Wildman–Crippen MR) is 67.7 cm³/mol. The normalized spacial score (nSPS) is 9.83. The molecule has 5 heteroatoms. The van der Waals surface area contributed by atoms with E-state index in [2.05, 4.69) is 27.0 Å². The van der Waals surface area contributed by atoms with E-state index < -0.39 is 5.82 Å². The molecule has 0 spiro atoms. The van der Waals surface area contributed by atoms with Gasteiger partial charge in [-0.2, -0.15) is 5.26 Å². The predicted octanol–water partition coefficient (Wildman–Crippen LogP) is 3.84. The second-order valence-corrected chi connectivity index (χ2v) is 4.44. The van der Waals surface area contributed by atoms with E-state index >= 15 is 0 Å². The summed E-state index contributed by atoms with van der Waals surface area (Å²) in [6.07, 6.45) is 1.80. The van der Waals surface area contributed by atoms with E-state index in [0.29, 0.717) is 16.6 Å². The summed E-state index contributed by atoms with van der Waals surface area (Å²) in [6.45, 7) is 0. The zero-order valence-corrected chi connectivity index (χ0v) is 10.8. The Hall–Kier alpha value is -1.93. The summed E-state index contributed by atoms with van der Waals surface area (Å²) in [4.78, 5) is 3.84. The third-order valence-corrected chi connectivity index (χ3v) is 2.63. The maximum atomic E-state index is 13.5. The lowest BCUT2D eigenvalue weighted by molar-refractivity contribution is 0.422. The van der Waals surface area contributed by atoms with Gasteiger partial charge < -0.3 is 4.74 Å². The van der Waals surface area contributed by atoms with Crippen LogP contribution in [0.1, 0.15) is 5.56 Å². The van der Waals surface area contributed by atoms with Crippen molar-refractivity contribution in [3.63, 3.8) is 0 Å². The molecule has 0 radical (unpaired) electrons. The summed E-state index contributed by atoms with van der Waals surface area (Å²) in [5.74, 6) is -0.137. The average molecular weight is 307 g/mol. The third kappa shape index (κ3) is 3.05. The van der Waals surface area contributed by atoms with Gasteiger partial charge in [0.25, 0.3) is 5.88 Å². The number of hydrogen-bond donors (Lipinski definition) is 0. The van der Waals surface area contributed by atoms with Crippen LogP contribution >= 0.6 is 15.9 Å². The van der Waals surface area contributed by atoms with E-state index in [1.54, 1.807) is 24.3 Å². The Morgan fingerprint density at radius 2 is 2.06 bits per heavy atom. The number of nitrogens with zero attached hydrogens (tertiary/aromatic N) is 2. The zero-order chi connectivity index (χ0) is 13.0. The number of rotatable bonds is 3. The van der Waals surface area contributed by atoms with E-state index in [0.717, 1.165) is 5.56 Å². The molecule has 1 aromatic heterocycles. The summed E-state index contributed by atoms with van der Waals surface area (Å²) in [7, 11) is 0. The van der Waals surface area contributed by atoms with E-state index in [1.165, 1.54) is 12.3 Å². The lowest BCUT2D eigenvalue weighted by Crippen LogP contribution is -1.92. The van der Waals surface area contributed by atoms with Crippen LogP contribution in [0.3, 0.4) is 0 Å². The summed E-state index contributed by atoms with van der Waals surface area (Å²) in [5, 5.41) is 8.54. The first kappa shape index (κ1) is 12.5. The number of nitriles is 1. The highest BCUT2D eigenvalue weighted by Crippen LogP contribution is 2.24. The quantitative estimate of drug-likeness (QED) is 0.865. The Bertz CT molecular complexity index is 593. The Balaban J connectivity index is 2.16. The average Bonchev–Trinajstić information content (AvgIpc) is 2.35. The number of halogens is 2. The highest BCUT2D eigenvalue weighted by molar-refractivity contribution is 9.10. The molecule has 3 nitrogen and oxygen atoms in total. The molecular formula is C13H8BrFN2O. The van der Waals surface area contributed by atoms with Gasteiger partial charge in [-0.25, -0.2) is 9.37 Å². The van der Waals surface area contributed by atoms with Gasteiger partial charge >= 0.3 is 0 Å². The van der Waals surface area contributed by atoms with Gasteiger partial charge in [0.15, 0.2) is 5.82 Å². The van der Waals surface area contributed by atoms with E-state index in [4.69, 9.17) is 10.00 Å². The van der Waals surface area contributed by atoms with Crippen LogP contribution in [-0.4, -0.2) is 4.98 Å². The molecule has 0 aliphatic carbocycles. The van der Waals surface area contributed by atoms with Gasteiger partial charge in [0, 0.05) is 10.7 Å². The Morgan fingerprint density at radius 1 is 1.33 bits per heavy atom. The fourth-order valence-corrected chi connectivity index (χ4v) is 1.66.